The molecule has 176 valence electrons. The minimum Gasteiger partial charge on any atom is -0.465 e. The van der Waals surface area contributed by atoms with Gasteiger partial charge in [0.05, 0.1) is 24.0 Å². The molecule has 34 heavy (non-hydrogen) atoms. The van der Waals surface area contributed by atoms with Crippen LogP contribution < -0.4 is 15.5 Å². The van der Waals surface area contributed by atoms with Gasteiger partial charge in [0.15, 0.2) is 0 Å². The molecule has 4 rings (SSSR count). The zero-order valence-corrected chi connectivity index (χ0v) is 19.3. The fourth-order valence-corrected chi connectivity index (χ4v) is 4.19. The van der Waals surface area contributed by atoms with E-state index >= 15 is 0 Å². The molecular formula is C26H29N5O3. The summed E-state index contributed by atoms with van der Waals surface area (Å²) in [6.07, 6.45) is 1.57. The molecule has 8 nitrogen and oxygen atoms in total. The zero-order valence-electron chi connectivity index (χ0n) is 19.3. The second-order valence-electron chi connectivity index (χ2n) is 8.07. The molecule has 2 aromatic carbocycles. The van der Waals surface area contributed by atoms with Crippen molar-refractivity contribution in [2.45, 2.75) is 0 Å². The Hall–Kier alpha value is -3.91. The first-order valence-corrected chi connectivity index (χ1v) is 11.3. The van der Waals surface area contributed by atoms with Crippen LogP contribution in [0.2, 0.25) is 0 Å². The lowest BCUT2D eigenvalue weighted by Crippen LogP contribution is -2.49. The molecule has 3 aromatic rings. The summed E-state index contributed by atoms with van der Waals surface area (Å²) in [7, 11) is 1.31. The molecule has 0 radical (unpaired) electrons. The van der Waals surface area contributed by atoms with E-state index in [4.69, 9.17) is 10.5 Å². The van der Waals surface area contributed by atoms with Gasteiger partial charge in [0.25, 0.3) is 5.91 Å². The highest BCUT2D eigenvalue weighted by Gasteiger charge is 2.27. The summed E-state index contributed by atoms with van der Waals surface area (Å²) < 4.78 is 4.95. The number of anilines is 3. The predicted molar refractivity (Wildman–Crippen MR) is 133 cm³/mol. The maximum absolute atomic E-state index is 13.5. The molecule has 1 fully saturated rings. The highest BCUT2D eigenvalue weighted by atomic mass is 16.5. The van der Waals surface area contributed by atoms with Gasteiger partial charge in [-0.15, -0.1) is 0 Å². The van der Waals surface area contributed by atoms with Crippen molar-refractivity contribution in [3.05, 3.63) is 84.2 Å². The van der Waals surface area contributed by atoms with Gasteiger partial charge < -0.3 is 20.3 Å². The van der Waals surface area contributed by atoms with E-state index in [1.807, 2.05) is 18.2 Å². The number of hydrogen-bond donors (Lipinski definition) is 1. The smallest absolute Gasteiger partial charge is 0.340 e. The van der Waals surface area contributed by atoms with E-state index in [9.17, 15) is 9.59 Å². The van der Waals surface area contributed by atoms with Gasteiger partial charge in [0.2, 0.25) is 0 Å². The van der Waals surface area contributed by atoms with Crippen LogP contribution in [0.1, 0.15) is 20.8 Å². The number of pyridine rings is 1. The number of benzene rings is 2. The first-order valence-electron chi connectivity index (χ1n) is 11.3. The lowest BCUT2D eigenvalue weighted by Gasteiger charge is -2.37. The third-order valence-electron chi connectivity index (χ3n) is 6.01. The number of nitrogens with two attached hydrogens (primary N) is 1. The summed E-state index contributed by atoms with van der Waals surface area (Å²) in [4.78, 5) is 36.4. The first kappa shape index (κ1) is 23.3. The number of para-hydroxylation sites is 2. The Bertz CT molecular complexity index is 1120. The van der Waals surface area contributed by atoms with Crippen LogP contribution in [-0.2, 0) is 4.74 Å². The summed E-state index contributed by atoms with van der Waals surface area (Å²) in [5.41, 5.74) is 8.72. The van der Waals surface area contributed by atoms with Gasteiger partial charge in [0.1, 0.15) is 5.69 Å². The molecule has 2 N–H and O–H groups in total. The lowest BCUT2D eigenvalue weighted by molar-refractivity contribution is 0.0601. The fourth-order valence-electron chi connectivity index (χ4n) is 4.19. The quantitative estimate of drug-likeness (QED) is 0.429. The topological polar surface area (TPSA) is 92.0 Å². The highest BCUT2D eigenvalue weighted by Crippen LogP contribution is 2.30. The molecule has 1 aliphatic rings. The number of hydrogen-bond acceptors (Lipinski definition) is 7. The molecule has 8 heteroatoms. The number of carbonyl (C=O) groups excluding carboxylic acids is 2. The number of carbonyl (C=O) groups is 2. The van der Waals surface area contributed by atoms with Gasteiger partial charge >= 0.3 is 5.97 Å². The van der Waals surface area contributed by atoms with Crippen molar-refractivity contribution in [2.24, 2.45) is 0 Å². The molecule has 1 aliphatic heterocycles. The van der Waals surface area contributed by atoms with Gasteiger partial charge in [-0.25, -0.2) is 4.79 Å². The van der Waals surface area contributed by atoms with Crippen molar-refractivity contribution < 1.29 is 14.3 Å². The van der Waals surface area contributed by atoms with Gasteiger partial charge in [-0.3, -0.25) is 14.7 Å². The van der Waals surface area contributed by atoms with E-state index in [2.05, 4.69) is 26.9 Å². The van der Waals surface area contributed by atoms with Crippen molar-refractivity contribution in [2.75, 3.05) is 61.9 Å². The van der Waals surface area contributed by atoms with Crippen molar-refractivity contribution in [3.8, 4) is 0 Å². The van der Waals surface area contributed by atoms with Gasteiger partial charge in [-0.05, 0) is 36.4 Å². The predicted octanol–water partition coefficient (Wildman–Crippen LogP) is 2.92. The number of piperazine rings is 1. The van der Waals surface area contributed by atoms with Crippen LogP contribution in [0, 0.1) is 0 Å². The number of ether oxygens (including phenoxy) is 1. The van der Waals surface area contributed by atoms with Gasteiger partial charge in [-0.1, -0.05) is 30.3 Å². The van der Waals surface area contributed by atoms with Crippen LogP contribution in [0.3, 0.4) is 0 Å². The summed E-state index contributed by atoms with van der Waals surface area (Å²) in [6.45, 7) is 4.54. The van der Waals surface area contributed by atoms with Crippen molar-refractivity contribution in [3.63, 3.8) is 0 Å². The average Bonchev–Trinajstić information content (AvgIpc) is 2.90. The molecule has 2 heterocycles. The van der Waals surface area contributed by atoms with Crippen molar-refractivity contribution in [1.82, 2.24) is 9.88 Å². The van der Waals surface area contributed by atoms with E-state index in [0.29, 0.717) is 24.5 Å². The number of methoxy groups -OCH3 is 1. The lowest BCUT2D eigenvalue weighted by atomic mass is 10.1. The maximum atomic E-state index is 13.5. The third kappa shape index (κ3) is 5.18. The molecule has 0 aliphatic carbocycles. The SMILES string of the molecule is COC(=O)c1cccc(N)c1N(CCN1CCN(c2ccccc2)CC1)C(=O)c1ccccn1. The van der Waals surface area contributed by atoms with Crippen LogP contribution in [0.15, 0.2) is 72.9 Å². The second kappa shape index (κ2) is 10.8. The van der Waals surface area contributed by atoms with Crippen LogP contribution in [-0.4, -0.2) is 68.1 Å². The Balaban J connectivity index is 1.54. The molecule has 1 amide bonds. The largest absolute Gasteiger partial charge is 0.465 e. The number of nitrogen functional groups attached to an aromatic ring is 1. The molecule has 0 bridgehead atoms. The minimum absolute atomic E-state index is 0.251. The highest BCUT2D eigenvalue weighted by molar-refractivity contribution is 6.11. The molecule has 0 atom stereocenters. The minimum atomic E-state index is -0.544. The fraction of sp³-hybridized carbons (Fsp3) is 0.269. The Morgan fingerprint density at radius 2 is 1.71 bits per heavy atom. The summed E-state index contributed by atoms with van der Waals surface area (Å²) >= 11 is 0. The molecule has 1 aromatic heterocycles. The van der Waals surface area contributed by atoms with Gasteiger partial charge in [-0.2, -0.15) is 0 Å². The van der Waals surface area contributed by atoms with Crippen LogP contribution in [0.25, 0.3) is 0 Å². The molecule has 1 saturated heterocycles. The average molecular weight is 460 g/mol. The van der Waals surface area contributed by atoms with E-state index in [0.717, 1.165) is 26.2 Å². The number of amides is 1. The number of rotatable bonds is 7. The van der Waals surface area contributed by atoms with E-state index in [1.54, 1.807) is 47.5 Å². The number of esters is 1. The van der Waals surface area contributed by atoms with Crippen LogP contribution in [0.4, 0.5) is 17.1 Å². The maximum Gasteiger partial charge on any atom is 0.340 e. The Morgan fingerprint density at radius 1 is 0.971 bits per heavy atom. The second-order valence-corrected chi connectivity index (χ2v) is 8.07. The van der Waals surface area contributed by atoms with E-state index in [-0.39, 0.29) is 17.2 Å². The molecule has 0 saturated carbocycles. The monoisotopic (exact) mass is 459 g/mol. The number of nitrogens with zero attached hydrogens (tertiary/aromatic N) is 4. The molecular weight excluding hydrogens is 430 g/mol. The van der Waals surface area contributed by atoms with E-state index in [1.165, 1.54) is 12.8 Å². The van der Waals surface area contributed by atoms with E-state index < -0.39 is 5.97 Å². The number of aromatic nitrogens is 1. The van der Waals surface area contributed by atoms with Crippen molar-refractivity contribution >= 4 is 28.9 Å². The zero-order chi connectivity index (χ0) is 23.9. The van der Waals surface area contributed by atoms with Crippen LogP contribution >= 0.6 is 0 Å². The normalized spacial score (nSPS) is 14.0. The molecule has 0 spiro atoms. The summed E-state index contributed by atoms with van der Waals surface area (Å²) in [5.74, 6) is -0.857. The Morgan fingerprint density at radius 3 is 2.38 bits per heavy atom. The summed E-state index contributed by atoms with van der Waals surface area (Å²) in [5, 5.41) is 0. The third-order valence-corrected chi connectivity index (χ3v) is 6.01. The Labute approximate surface area is 199 Å². The molecule has 0 unspecified atom stereocenters. The first-order chi connectivity index (χ1) is 16.6. The Kier molecular flexibility index (Phi) is 7.39. The standard InChI is InChI=1S/C26H29N5O3/c1-34-26(33)21-10-7-11-22(27)24(21)31(25(32)23-12-5-6-13-28-23)19-16-29-14-17-30(18-15-29)20-8-3-2-4-9-20/h2-13H,14-19,27H2,1H3. The van der Waals surface area contributed by atoms with Crippen molar-refractivity contribution in [1.29, 1.82) is 0 Å². The van der Waals surface area contributed by atoms with Gasteiger partial charge in [0, 0.05) is 51.2 Å². The summed E-state index contributed by atoms with van der Waals surface area (Å²) in [6, 6.07) is 20.5. The van der Waals surface area contributed by atoms with Crippen LogP contribution in [0.5, 0.6) is 0 Å².